The Kier molecular flexibility index (Phi) is 6.03. The third-order valence-electron chi connectivity index (χ3n) is 5.07. The molecule has 1 aliphatic heterocycles. The van der Waals surface area contributed by atoms with Gasteiger partial charge in [-0.05, 0) is 29.8 Å². The normalized spacial score (nSPS) is 20.7. The summed E-state index contributed by atoms with van der Waals surface area (Å²) in [6, 6.07) is 11.6. The maximum Gasteiger partial charge on any atom is 0.405 e. The summed E-state index contributed by atoms with van der Waals surface area (Å²) in [5.41, 5.74) is 4.72. The number of carboxylic acid groups (broad SMARTS) is 1. The standard InChI is InChI=1S/C21H22N4O7/c1-12(26)32-16-11-13(9-10-15(16)31-3)21(23-19(28)29)17(22)25(14-7-5-4-6-8-14)20(30)24(2)18(21)27/h4-11,17,23H,22H2,1-3H3,(H,28,29). The topological polar surface area (TPSA) is 151 Å². The molecule has 2 unspecified atom stereocenters. The van der Waals surface area contributed by atoms with Gasteiger partial charge >= 0.3 is 18.1 Å². The quantitative estimate of drug-likeness (QED) is 0.465. The van der Waals surface area contributed by atoms with Crippen molar-refractivity contribution in [3.05, 3.63) is 54.1 Å². The van der Waals surface area contributed by atoms with Crippen LogP contribution in [0.25, 0.3) is 0 Å². The number of rotatable bonds is 5. The fourth-order valence-corrected chi connectivity index (χ4v) is 3.63. The van der Waals surface area contributed by atoms with Gasteiger partial charge in [0.15, 0.2) is 17.0 Å². The monoisotopic (exact) mass is 442 g/mol. The zero-order valence-corrected chi connectivity index (χ0v) is 17.6. The van der Waals surface area contributed by atoms with Crippen molar-refractivity contribution in [3.8, 4) is 11.5 Å². The molecule has 0 aromatic heterocycles. The predicted octanol–water partition coefficient (Wildman–Crippen LogP) is 1.47. The Hall–Kier alpha value is -4.12. The number of carbonyl (C=O) groups excluding carboxylic acids is 3. The van der Waals surface area contributed by atoms with E-state index in [1.54, 1.807) is 30.3 Å². The molecule has 0 radical (unpaired) electrons. The number of ether oxygens (including phenoxy) is 2. The van der Waals surface area contributed by atoms with E-state index in [9.17, 15) is 24.3 Å². The second kappa shape index (κ2) is 8.55. The van der Waals surface area contributed by atoms with Gasteiger partial charge in [0.25, 0.3) is 5.91 Å². The molecule has 2 aromatic carbocycles. The van der Waals surface area contributed by atoms with Crippen LogP contribution in [0.5, 0.6) is 11.5 Å². The molecule has 1 saturated heterocycles. The number of esters is 1. The highest BCUT2D eigenvalue weighted by Gasteiger charge is 2.58. The van der Waals surface area contributed by atoms with Crippen LogP contribution in [0.1, 0.15) is 12.5 Å². The van der Waals surface area contributed by atoms with E-state index in [1.807, 2.05) is 0 Å². The van der Waals surface area contributed by atoms with Gasteiger partial charge in [-0.25, -0.2) is 9.59 Å². The summed E-state index contributed by atoms with van der Waals surface area (Å²) in [6.07, 6.45) is -3.02. The summed E-state index contributed by atoms with van der Waals surface area (Å²) >= 11 is 0. The average molecular weight is 442 g/mol. The van der Waals surface area contributed by atoms with E-state index in [0.29, 0.717) is 5.69 Å². The van der Waals surface area contributed by atoms with Crippen molar-refractivity contribution in [2.45, 2.75) is 18.6 Å². The van der Waals surface area contributed by atoms with Crippen LogP contribution in [0.3, 0.4) is 0 Å². The van der Waals surface area contributed by atoms with E-state index in [-0.39, 0.29) is 17.1 Å². The number of benzene rings is 2. The number of urea groups is 1. The van der Waals surface area contributed by atoms with E-state index in [4.69, 9.17) is 15.2 Å². The lowest BCUT2D eigenvalue weighted by atomic mass is 9.82. The average Bonchev–Trinajstić information content (AvgIpc) is 2.75. The minimum atomic E-state index is -2.12. The lowest BCUT2D eigenvalue weighted by Gasteiger charge is -2.49. The summed E-state index contributed by atoms with van der Waals surface area (Å²) in [5.74, 6) is -1.42. The van der Waals surface area contributed by atoms with Gasteiger partial charge in [-0.15, -0.1) is 0 Å². The molecule has 4 amide bonds. The van der Waals surface area contributed by atoms with Crippen LogP contribution in [0, 0.1) is 0 Å². The van der Waals surface area contributed by atoms with Crippen molar-refractivity contribution in [3.63, 3.8) is 0 Å². The minimum absolute atomic E-state index is 0.0464. The molecule has 168 valence electrons. The van der Waals surface area contributed by atoms with E-state index in [2.05, 4.69) is 5.32 Å². The van der Waals surface area contributed by atoms with Crippen LogP contribution in [0.15, 0.2) is 48.5 Å². The maximum absolute atomic E-state index is 13.4. The smallest absolute Gasteiger partial charge is 0.405 e. The molecule has 2 atom stereocenters. The SMILES string of the molecule is COc1ccc(C2(NC(=O)O)C(=O)N(C)C(=O)N(c3ccccc3)C2N)cc1OC(C)=O. The van der Waals surface area contributed by atoms with Crippen molar-refractivity contribution in [2.24, 2.45) is 5.73 Å². The number of nitrogens with zero attached hydrogens (tertiary/aromatic N) is 2. The number of nitrogens with one attached hydrogen (secondary N) is 1. The summed E-state index contributed by atoms with van der Waals surface area (Å²) in [4.78, 5) is 51.6. The first-order valence-corrected chi connectivity index (χ1v) is 9.43. The first kappa shape index (κ1) is 22.6. The largest absolute Gasteiger partial charge is 0.493 e. The van der Waals surface area contributed by atoms with Gasteiger partial charge in [0.05, 0.1) is 7.11 Å². The van der Waals surface area contributed by atoms with Crippen LogP contribution < -0.4 is 25.4 Å². The summed E-state index contributed by atoms with van der Waals surface area (Å²) in [7, 11) is 2.58. The molecule has 3 rings (SSSR count). The highest BCUT2D eigenvalue weighted by atomic mass is 16.6. The van der Waals surface area contributed by atoms with Crippen LogP contribution in [0.2, 0.25) is 0 Å². The number of carbonyl (C=O) groups is 4. The number of nitrogens with two attached hydrogens (primary N) is 1. The molecule has 1 fully saturated rings. The minimum Gasteiger partial charge on any atom is -0.493 e. The number of anilines is 1. The van der Waals surface area contributed by atoms with Gasteiger partial charge in [-0.3, -0.25) is 19.4 Å². The van der Waals surface area contributed by atoms with Crippen LogP contribution in [-0.2, 0) is 15.1 Å². The molecule has 2 aromatic rings. The number of amides is 4. The van der Waals surface area contributed by atoms with Gasteiger partial charge in [0.2, 0.25) is 0 Å². The van der Waals surface area contributed by atoms with Crippen molar-refractivity contribution in [2.75, 3.05) is 19.1 Å². The number of para-hydroxylation sites is 1. The number of imide groups is 1. The van der Waals surface area contributed by atoms with Gasteiger partial charge < -0.3 is 25.6 Å². The molecular formula is C21H22N4O7. The van der Waals surface area contributed by atoms with Gasteiger partial charge in [0, 0.05) is 19.7 Å². The molecule has 0 bridgehead atoms. The Labute approximate surface area is 183 Å². The Morgan fingerprint density at radius 2 is 1.78 bits per heavy atom. The molecule has 0 saturated carbocycles. The number of methoxy groups -OCH3 is 1. The number of likely N-dealkylation sites (N-methyl/N-ethyl adjacent to an activating group) is 1. The molecular weight excluding hydrogens is 420 g/mol. The van der Waals surface area contributed by atoms with Gasteiger partial charge in [-0.1, -0.05) is 24.3 Å². The summed E-state index contributed by atoms with van der Waals surface area (Å²) in [5, 5.41) is 11.8. The first-order valence-electron chi connectivity index (χ1n) is 9.43. The van der Waals surface area contributed by atoms with Crippen molar-refractivity contribution >= 4 is 29.7 Å². The zero-order chi connectivity index (χ0) is 23.6. The number of hydrogen-bond acceptors (Lipinski definition) is 7. The number of hydrogen-bond donors (Lipinski definition) is 3. The van der Waals surface area contributed by atoms with Crippen LogP contribution in [-0.4, -0.2) is 54.3 Å². The molecule has 11 heteroatoms. The van der Waals surface area contributed by atoms with Crippen molar-refractivity contribution in [1.29, 1.82) is 0 Å². The summed E-state index contributed by atoms with van der Waals surface area (Å²) in [6.45, 7) is 1.18. The Bertz CT molecular complexity index is 1080. The predicted molar refractivity (Wildman–Crippen MR) is 112 cm³/mol. The summed E-state index contributed by atoms with van der Waals surface area (Å²) < 4.78 is 10.3. The lowest BCUT2D eigenvalue weighted by Crippen LogP contribution is -2.76. The zero-order valence-electron chi connectivity index (χ0n) is 17.6. The van der Waals surface area contributed by atoms with Crippen LogP contribution in [0.4, 0.5) is 15.3 Å². The van der Waals surface area contributed by atoms with Crippen molar-refractivity contribution < 1.29 is 33.8 Å². The third kappa shape index (κ3) is 3.69. The Morgan fingerprint density at radius 1 is 1.12 bits per heavy atom. The third-order valence-corrected chi connectivity index (χ3v) is 5.07. The fraction of sp³-hybridized carbons (Fsp3) is 0.238. The van der Waals surface area contributed by atoms with Crippen LogP contribution >= 0.6 is 0 Å². The van der Waals surface area contributed by atoms with E-state index >= 15 is 0 Å². The van der Waals surface area contributed by atoms with E-state index in [0.717, 1.165) is 9.80 Å². The lowest BCUT2D eigenvalue weighted by molar-refractivity contribution is -0.137. The van der Waals surface area contributed by atoms with E-state index in [1.165, 1.54) is 39.3 Å². The highest BCUT2D eigenvalue weighted by molar-refractivity contribution is 6.11. The Morgan fingerprint density at radius 3 is 2.34 bits per heavy atom. The first-order chi connectivity index (χ1) is 15.1. The molecule has 32 heavy (non-hydrogen) atoms. The van der Waals surface area contributed by atoms with Crippen molar-refractivity contribution in [1.82, 2.24) is 10.2 Å². The molecule has 1 heterocycles. The second-order valence-electron chi connectivity index (χ2n) is 6.99. The molecule has 0 aliphatic carbocycles. The highest BCUT2D eigenvalue weighted by Crippen LogP contribution is 2.39. The molecule has 0 spiro atoms. The molecule has 4 N–H and O–H groups in total. The van der Waals surface area contributed by atoms with Gasteiger partial charge in [0.1, 0.15) is 6.17 Å². The molecule has 11 nitrogen and oxygen atoms in total. The van der Waals surface area contributed by atoms with Gasteiger partial charge in [-0.2, -0.15) is 0 Å². The fourth-order valence-electron chi connectivity index (χ4n) is 3.63. The second-order valence-corrected chi connectivity index (χ2v) is 6.99. The Balaban J connectivity index is 2.26. The maximum atomic E-state index is 13.4. The van der Waals surface area contributed by atoms with E-state index < -0.39 is 35.7 Å². The molecule has 1 aliphatic rings.